The van der Waals surface area contributed by atoms with Crippen LogP contribution in [0.1, 0.15) is 57.1 Å². The molecule has 1 atom stereocenters. The Kier molecular flexibility index (Phi) is 7.97. The molecule has 1 unspecified atom stereocenters. The van der Waals surface area contributed by atoms with Crippen LogP contribution < -0.4 is 15.4 Å². The van der Waals surface area contributed by atoms with Gasteiger partial charge < -0.3 is 20.1 Å². The number of amides is 2. The Morgan fingerprint density at radius 2 is 1.69 bits per heavy atom. The molecule has 0 saturated carbocycles. The lowest BCUT2D eigenvalue weighted by atomic mass is 9.79. The smallest absolute Gasteiger partial charge is 0.316 e. The van der Waals surface area contributed by atoms with Crippen molar-refractivity contribution in [2.75, 3.05) is 19.0 Å². The van der Waals surface area contributed by atoms with Crippen molar-refractivity contribution >= 4 is 23.5 Å². The van der Waals surface area contributed by atoms with Gasteiger partial charge >= 0.3 is 5.97 Å². The Balaban J connectivity index is 2.22. The number of esters is 1. The second-order valence-electron chi connectivity index (χ2n) is 8.64. The summed E-state index contributed by atoms with van der Waals surface area (Å²) in [6.07, 6.45) is 1.30. The Hall–Kier alpha value is -3.42. The first-order valence-electron chi connectivity index (χ1n) is 10.4. The zero-order valence-corrected chi connectivity index (χ0v) is 19.4. The summed E-state index contributed by atoms with van der Waals surface area (Å²) in [6, 6.07) is 10.0. The normalized spacial score (nSPS) is 12.9. The molecule has 0 aliphatic heterocycles. The predicted molar refractivity (Wildman–Crippen MR) is 122 cm³/mol. The van der Waals surface area contributed by atoms with Gasteiger partial charge in [-0.1, -0.05) is 12.1 Å². The molecule has 0 aliphatic carbocycles. The molecular weight excluding hydrogens is 410 g/mol. The van der Waals surface area contributed by atoms with Gasteiger partial charge in [-0.05, 0) is 64.4 Å². The lowest BCUT2D eigenvalue weighted by Gasteiger charge is -2.27. The lowest BCUT2D eigenvalue weighted by Crippen LogP contribution is -2.41. The number of carbonyl (C=O) groups excluding carboxylic acids is 3. The minimum absolute atomic E-state index is 0.149. The van der Waals surface area contributed by atoms with Crippen LogP contribution in [0.2, 0.25) is 0 Å². The standard InChI is InChI=1S/C24H31N3O5/c1-7-32-22(30)24(5,16-8-10-18(31-6)11-9-16)15-20(28)26-17-12-13-25-19(14-17)21(29)27-23(2,3)4/h8-14H,7,15H2,1-6H3,(H,27,29)(H,25,26,28). The maximum absolute atomic E-state index is 12.9. The van der Waals surface area contributed by atoms with E-state index in [1.165, 1.54) is 12.3 Å². The summed E-state index contributed by atoms with van der Waals surface area (Å²) in [6.45, 7) is 9.18. The highest BCUT2D eigenvalue weighted by atomic mass is 16.5. The summed E-state index contributed by atoms with van der Waals surface area (Å²) in [5.41, 5.74) is -0.401. The highest BCUT2D eigenvalue weighted by molar-refractivity contribution is 5.98. The first-order chi connectivity index (χ1) is 15.0. The molecule has 0 bridgehead atoms. The Morgan fingerprint density at radius 1 is 1.03 bits per heavy atom. The fourth-order valence-corrected chi connectivity index (χ4v) is 3.10. The highest BCUT2D eigenvalue weighted by Crippen LogP contribution is 2.31. The molecule has 8 nitrogen and oxygen atoms in total. The van der Waals surface area contributed by atoms with Crippen LogP contribution >= 0.6 is 0 Å². The first-order valence-corrected chi connectivity index (χ1v) is 10.4. The number of pyridine rings is 1. The van der Waals surface area contributed by atoms with Crippen LogP contribution in [-0.4, -0.2) is 42.0 Å². The van der Waals surface area contributed by atoms with Crippen molar-refractivity contribution in [3.05, 3.63) is 53.9 Å². The van der Waals surface area contributed by atoms with Gasteiger partial charge in [0.15, 0.2) is 0 Å². The van der Waals surface area contributed by atoms with Gasteiger partial charge in [-0.25, -0.2) is 0 Å². The number of anilines is 1. The lowest BCUT2D eigenvalue weighted by molar-refractivity contribution is -0.151. The van der Waals surface area contributed by atoms with E-state index in [9.17, 15) is 14.4 Å². The molecule has 0 spiro atoms. The second kappa shape index (κ2) is 10.3. The van der Waals surface area contributed by atoms with Crippen LogP contribution in [0.3, 0.4) is 0 Å². The van der Waals surface area contributed by atoms with Crippen molar-refractivity contribution in [2.45, 2.75) is 52.0 Å². The third-order valence-corrected chi connectivity index (χ3v) is 4.73. The number of nitrogens with zero attached hydrogens (tertiary/aromatic N) is 1. The van der Waals surface area contributed by atoms with E-state index in [0.717, 1.165) is 0 Å². The number of rotatable bonds is 8. The van der Waals surface area contributed by atoms with Crippen molar-refractivity contribution in [1.82, 2.24) is 10.3 Å². The van der Waals surface area contributed by atoms with Crippen LogP contribution in [0.25, 0.3) is 0 Å². The third kappa shape index (κ3) is 6.54. The van der Waals surface area contributed by atoms with Gasteiger partial charge in [0.25, 0.3) is 5.91 Å². The van der Waals surface area contributed by atoms with E-state index in [1.807, 2.05) is 20.8 Å². The van der Waals surface area contributed by atoms with E-state index >= 15 is 0 Å². The molecule has 2 aromatic rings. The fourth-order valence-electron chi connectivity index (χ4n) is 3.10. The van der Waals surface area contributed by atoms with Gasteiger partial charge in [-0.15, -0.1) is 0 Å². The number of nitrogens with one attached hydrogen (secondary N) is 2. The van der Waals surface area contributed by atoms with E-state index < -0.39 is 22.8 Å². The number of hydrogen-bond donors (Lipinski definition) is 2. The zero-order chi connectivity index (χ0) is 23.9. The fraction of sp³-hybridized carbons (Fsp3) is 0.417. The van der Waals surface area contributed by atoms with E-state index in [-0.39, 0.29) is 24.6 Å². The van der Waals surface area contributed by atoms with Crippen LogP contribution in [0, 0.1) is 0 Å². The summed E-state index contributed by atoms with van der Waals surface area (Å²) in [5.74, 6) is -0.601. The molecule has 0 aliphatic rings. The van der Waals surface area contributed by atoms with Crippen LogP contribution in [-0.2, 0) is 19.7 Å². The largest absolute Gasteiger partial charge is 0.497 e. The molecule has 8 heteroatoms. The number of hydrogen-bond acceptors (Lipinski definition) is 6. The minimum Gasteiger partial charge on any atom is -0.497 e. The van der Waals surface area contributed by atoms with Gasteiger partial charge in [-0.2, -0.15) is 0 Å². The molecule has 2 N–H and O–H groups in total. The van der Waals surface area contributed by atoms with Gasteiger partial charge in [0.05, 0.1) is 19.1 Å². The monoisotopic (exact) mass is 441 g/mol. The van der Waals surface area contributed by atoms with Crippen molar-refractivity contribution in [3.8, 4) is 5.75 Å². The number of ether oxygens (including phenoxy) is 2. The van der Waals surface area contributed by atoms with E-state index in [1.54, 1.807) is 51.3 Å². The van der Waals surface area contributed by atoms with Gasteiger partial charge in [0, 0.05) is 23.8 Å². The molecule has 1 aromatic heterocycles. The summed E-state index contributed by atoms with van der Waals surface area (Å²) >= 11 is 0. The van der Waals surface area contributed by atoms with Crippen LogP contribution in [0.15, 0.2) is 42.6 Å². The molecule has 0 radical (unpaired) electrons. The summed E-state index contributed by atoms with van der Waals surface area (Å²) in [4.78, 5) is 42.1. The zero-order valence-electron chi connectivity index (χ0n) is 19.4. The Morgan fingerprint density at radius 3 is 2.25 bits per heavy atom. The third-order valence-electron chi connectivity index (χ3n) is 4.73. The predicted octanol–water partition coefficient (Wildman–Crippen LogP) is 3.47. The Bertz CT molecular complexity index is 966. The quantitative estimate of drug-likeness (QED) is 0.608. The molecule has 0 fully saturated rings. The molecule has 2 amide bonds. The van der Waals surface area contributed by atoms with E-state index in [4.69, 9.17) is 9.47 Å². The molecule has 172 valence electrons. The first kappa shape index (κ1) is 24.8. The maximum Gasteiger partial charge on any atom is 0.316 e. The molecule has 1 heterocycles. The number of benzene rings is 1. The van der Waals surface area contributed by atoms with E-state index in [0.29, 0.717) is 17.0 Å². The van der Waals surface area contributed by atoms with Gasteiger partial charge in [0.2, 0.25) is 5.91 Å². The average Bonchev–Trinajstić information content (AvgIpc) is 2.72. The molecule has 1 aromatic carbocycles. The van der Waals surface area contributed by atoms with Gasteiger partial charge in [-0.3, -0.25) is 19.4 Å². The number of aromatic nitrogens is 1. The topological polar surface area (TPSA) is 107 Å². The molecule has 0 saturated heterocycles. The Labute approximate surface area is 188 Å². The van der Waals surface area contributed by atoms with Gasteiger partial charge in [0.1, 0.15) is 11.4 Å². The highest BCUT2D eigenvalue weighted by Gasteiger charge is 2.39. The van der Waals surface area contributed by atoms with Crippen molar-refractivity contribution in [3.63, 3.8) is 0 Å². The van der Waals surface area contributed by atoms with E-state index in [2.05, 4.69) is 15.6 Å². The van der Waals surface area contributed by atoms with Crippen molar-refractivity contribution in [2.24, 2.45) is 0 Å². The number of carbonyl (C=O) groups is 3. The van der Waals surface area contributed by atoms with Crippen LogP contribution in [0.4, 0.5) is 5.69 Å². The molecule has 32 heavy (non-hydrogen) atoms. The van der Waals surface area contributed by atoms with Crippen molar-refractivity contribution < 1.29 is 23.9 Å². The maximum atomic E-state index is 12.9. The van der Waals surface area contributed by atoms with Crippen molar-refractivity contribution in [1.29, 1.82) is 0 Å². The molecular formula is C24H31N3O5. The second-order valence-corrected chi connectivity index (χ2v) is 8.64. The average molecular weight is 442 g/mol. The number of methoxy groups -OCH3 is 1. The summed E-state index contributed by atoms with van der Waals surface area (Å²) in [7, 11) is 1.55. The summed E-state index contributed by atoms with van der Waals surface area (Å²) in [5, 5.41) is 5.58. The van der Waals surface area contributed by atoms with Crippen LogP contribution in [0.5, 0.6) is 5.75 Å². The SMILES string of the molecule is CCOC(=O)C(C)(CC(=O)Nc1ccnc(C(=O)NC(C)(C)C)c1)c1ccc(OC)cc1. The minimum atomic E-state index is -1.20. The molecule has 2 rings (SSSR count). The summed E-state index contributed by atoms with van der Waals surface area (Å²) < 4.78 is 10.4.